The fraction of sp³-hybridized carbons (Fsp3) is 1.00. The Labute approximate surface area is 136 Å². The van der Waals surface area contributed by atoms with E-state index in [9.17, 15) is 0 Å². The van der Waals surface area contributed by atoms with Gasteiger partial charge in [-0.1, -0.05) is 67.2 Å². The van der Waals surface area contributed by atoms with Crippen LogP contribution in [0.3, 0.4) is 0 Å². The van der Waals surface area contributed by atoms with Crippen LogP contribution in [0.4, 0.5) is 0 Å². The molecule has 0 nitrogen and oxygen atoms in total. The normalized spacial score (nSPS) is 42.3. The maximum Gasteiger partial charge on any atom is 0.0272 e. The monoisotopic (exact) mass is 308 g/mol. The van der Waals surface area contributed by atoms with Crippen molar-refractivity contribution in [2.24, 2.45) is 35.5 Å². The molecule has 2 saturated carbocycles. The summed E-state index contributed by atoms with van der Waals surface area (Å²) in [7, 11) is 0.0757. The van der Waals surface area contributed by atoms with Crippen LogP contribution in [0.25, 0.3) is 0 Å². The molecule has 2 fully saturated rings. The molecule has 0 aromatic rings. The zero-order chi connectivity index (χ0) is 15.6. The third-order valence-corrected chi connectivity index (χ3v) is 10.0. The third kappa shape index (κ3) is 4.59. The molecular formula is C20H40Si. The first-order chi connectivity index (χ1) is 9.88. The maximum absolute atomic E-state index is 2.52. The number of hydrogen-bond acceptors (Lipinski definition) is 0. The van der Waals surface area contributed by atoms with Crippen LogP contribution in [0, 0.1) is 35.5 Å². The predicted molar refractivity (Wildman–Crippen MR) is 98.7 cm³/mol. The minimum Gasteiger partial charge on any atom is -0.0625 e. The minimum atomic E-state index is 0.0757. The van der Waals surface area contributed by atoms with Crippen molar-refractivity contribution in [2.75, 3.05) is 0 Å². The van der Waals surface area contributed by atoms with E-state index in [1.165, 1.54) is 25.7 Å². The van der Waals surface area contributed by atoms with E-state index in [1.807, 2.05) is 0 Å². The Morgan fingerprint density at radius 1 is 0.667 bits per heavy atom. The molecule has 0 amide bonds. The lowest BCUT2D eigenvalue weighted by Gasteiger charge is -2.43. The van der Waals surface area contributed by atoms with Gasteiger partial charge in [-0.25, -0.2) is 0 Å². The van der Waals surface area contributed by atoms with Crippen molar-refractivity contribution in [2.45, 2.75) is 91.1 Å². The minimum absolute atomic E-state index is 0.0757. The van der Waals surface area contributed by atoms with Crippen molar-refractivity contribution >= 4 is 9.52 Å². The third-order valence-electron chi connectivity index (χ3n) is 6.92. The molecule has 0 aromatic heterocycles. The van der Waals surface area contributed by atoms with E-state index in [0.29, 0.717) is 0 Å². The van der Waals surface area contributed by atoms with E-state index in [0.717, 1.165) is 46.6 Å². The second-order valence-electron chi connectivity index (χ2n) is 9.41. The van der Waals surface area contributed by atoms with Crippen molar-refractivity contribution in [3.05, 3.63) is 0 Å². The van der Waals surface area contributed by atoms with E-state index < -0.39 is 0 Å². The highest BCUT2D eigenvalue weighted by atomic mass is 28.2. The van der Waals surface area contributed by atoms with Crippen LogP contribution in [-0.2, 0) is 0 Å². The highest BCUT2D eigenvalue weighted by Gasteiger charge is 2.37. The van der Waals surface area contributed by atoms with Crippen molar-refractivity contribution < 1.29 is 0 Å². The number of hydrogen-bond donors (Lipinski definition) is 0. The first-order valence-electron chi connectivity index (χ1n) is 9.88. The van der Waals surface area contributed by atoms with Gasteiger partial charge in [-0.05, 0) is 59.4 Å². The Kier molecular flexibility index (Phi) is 6.41. The molecule has 6 unspecified atom stereocenters. The van der Waals surface area contributed by atoms with E-state index in [4.69, 9.17) is 0 Å². The van der Waals surface area contributed by atoms with Gasteiger partial charge in [0.1, 0.15) is 0 Å². The molecule has 21 heavy (non-hydrogen) atoms. The first-order valence-corrected chi connectivity index (χ1v) is 11.5. The first kappa shape index (κ1) is 17.6. The van der Waals surface area contributed by atoms with Gasteiger partial charge in [0.25, 0.3) is 0 Å². The van der Waals surface area contributed by atoms with E-state index >= 15 is 0 Å². The van der Waals surface area contributed by atoms with Crippen LogP contribution in [0.1, 0.15) is 80.1 Å². The van der Waals surface area contributed by atoms with Crippen LogP contribution >= 0.6 is 0 Å². The fourth-order valence-electron chi connectivity index (χ4n) is 5.73. The average Bonchev–Trinajstić information content (AvgIpc) is 2.38. The van der Waals surface area contributed by atoms with Gasteiger partial charge >= 0.3 is 0 Å². The lowest BCUT2D eigenvalue weighted by molar-refractivity contribution is 0.212. The van der Waals surface area contributed by atoms with Crippen molar-refractivity contribution in [1.29, 1.82) is 0 Å². The fourth-order valence-corrected chi connectivity index (χ4v) is 10.3. The molecule has 0 heterocycles. The molecule has 0 N–H and O–H groups in total. The summed E-state index contributed by atoms with van der Waals surface area (Å²) in [6, 6.07) is 0. The lowest BCUT2D eigenvalue weighted by Crippen LogP contribution is -2.34. The summed E-state index contributed by atoms with van der Waals surface area (Å²) >= 11 is 0. The standard InChI is InChI=1S/C20H40Si/c1-13(2)17-9-7-15(5)11-19(17)21-20-12-16(6)8-10-18(20)14(3)4/h13-20H,7-12,21H2,1-6H3. The molecule has 6 atom stereocenters. The maximum atomic E-state index is 2.52. The van der Waals surface area contributed by atoms with Gasteiger partial charge in [0.05, 0.1) is 0 Å². The summed E-state index contributed by atoms with van der Waals surface area (Å²) in [4.78, 5) is 0. The van der Waals surface area contributed by atoms with Crippen LogP contribution in [0.2, 0.25) is 11.1 Å². The molecule has 0 spiro atoms. The molecule has 2 aliphatic rings. The van der Waals surface area contributed by atoms with Gasteiger partial charge in [-0.15, -0.1) is 0 Å². The average molecular weight is 309 g/mol. The Morgan fingerprint density at radius 3 is 1.38 bits per heavy atom. The molecule has 0 aliphatic heterocycles. The zero-order valence-electron chi connectivity index (χ0n) is 15.6. The van der Waals surface area contributed by atoms with Crippen LogP contribution in [0.15, 0.2) is 0 Å². The molecule has 0 saturated heterocycles. The smallest absolute Gasteiger partial charge is 0.0272 e. The summed E-state index contributed by atoms with van der Waals surface area (Å²) in [5.74, 6) is 6.00. The van der Waals surface area contributed by atoms with E-state index in [1.54, 1.807) is 12.8 Å². The second-order valence-corrected chi connectivity index (χ2v) is 12.0. The van der Waals surface area contributed by atoms with Gasteiger partial charge in [-0.2, -0.15) is 0 Å². The largest absolute Gasteiger partial charge is 0.0625 e. The van der Waals surface area contributed by atoms with Crippen LogP contribution < -0.4 is 0 Å². The highest BCUT2D eigenvalue weighted by Crippen LogP contribution is 2.48. The topological polar surface area (TPSA) is 0 Å². The lowest BCUT2D eigenvalue weighted by atomic mass is 9.76. The van der Waals surface area contributed by atoms with E-state index in [2.05, 4.69) is 41.5 Å². The molecular weight excluding hydrogens is 268 g/mol. The molecule has 2 aliphatic carbocycles. The Bertz CT molecular complexity index is 279. The quantitative estimate of drug-likeness (QED) is 0.566. The van der Waals surface area contributed by atoms with Crippen molar-refractivity contribution in [3.63, 3.8) is 0 Å². The molecule has 2 rings (SSSR count). The van der Waals surface area contributed by atoms with Crippen LogP contribution in [0.5, 0.6) is 0 Å². The van der Waals surface area contributed by atoms with Crippen molar-refractivity contribution in [1.82, 2.24) is 0 Å². The molecule has 0 bridgehead atoms. The van der Waals surface area contributed by atoms with Crippen molar-refractivity contribution in [3.8, 4) is 0 Å². The Balaban J connectivity index is 2.04. The summed E-state index contributed by atoms with van der Waals surface area (Å²) in [6.07, 6.45) is 9.22. The predicted octanol–water partition coefficient (Wildman–Crippen LogP) is 5.92. The van der Waals surface area contributed by atoms with E-state index in [-0.39, 0.29) is 9.52 Å². The molecule has 0 aromatic carbocycles. The Hall–Kier alpha value is 0.217. The molecule has 1 heteroatoms. The van der Waals surface area contributed by atoms with Crippen LogP contribution in [-0.4, -0.2) is 9.52 Å². The number of rotatable bonds is 4. The summed E-state index contributed by atoms with van der Waals surface area (Å²) < 4.78 is 0. The SMILES string of the molecule is CC1CCC(C(C)C)C([SiH2]C2CC(C)CCC2C(C)C)C1. The molecule has 0 radical (unpaired) electrons. The zero-order valence-corrected chi connectivity index (χ0v) is 17.0. The highest BCUT2D eigenvalue weighted by molar-refractivity contribution is 6.40. The summed E-state index contributed by atoms with van der Waals surface area (Å²) in [5, 5.41) is 0. The summed E-state index contributed by atoms with van der Waals surface area (Å²) in [5.41, 5.74) is 2.32. The van der Waals surface area contributed by atoms with Gasteiger partial charge in [-0.3, -0.25) is 0 Å². The Morgan fingerprint density at radius 2 is 1.05 bits per heavy atom. The van der Waals surface area contributed by atoms with Gasteiger partial charge in [0.2, 0.25) is 0 Å². The van der Waals surface area contributed by atoms with Gasteiger partial charge in [0.15, 0.2) is 0 Å². The van der Waals surface area contributed by atoms with Gasteiger partial charge in [0, 0.05) is 9.52 Å². The summed E-state index contributed by atoms with van der Waals surface area (Å²) in [6.45, 7) is 15.0. The second kappa shape index (κ2) is 7.66. The molecule has 124 valence electrons. The van der Waals surface area contributed by atoms with Gasteiger partial charge < -0.3 is 0 Å².